The number of hydrogen-bond acceptors (Lipinski definition) is 2. The molecule has 0 fully saturated rings. The quantitative estimate of drug-likeness (QED) is 0.535. The first kappa shape index (κ1) is 17.3. The number of rotatable bonds is 4. The maximum Gasteiger partial charge on any atom is 0.216 e. The Labute approximate surface area is 155 Å². The van der Waals surface area contributed by atoms with Gasteiger partial charge in [-0.15, -0.1) is 0 Å². The van der Waals surface area contributed by atoms with E-state index in [1.807, 2.05) is 0 Å². The Morgan fingerprint density at radius 3 is 2.43 bits per heavy atom. The zero-order valence-electron chi connectivity index (χ0n) is 11.2. The summed E-state index contributed by atoms with van der Waals surface area (Å²) >= 11 is 14.3. The number of nitrogens with one attached hydrogen (secondary N) is 2. The van der Waals surface area contributed by atoms with E-state index in [-0.39, 0.29) is 5.91 Å². The second kappa shape index (κ2) is 7.02. The van der Waals surface area contributed by atoms with Crippen molar-refractivity contribution < 1.29 is 9.53 Å². The van der Waals surface area contributed by atoms with Crippen LogP contribution in [0.5, 0.6) is 5.75 Å². The Balaban J connectivity index is 2.58. The van der Waals surface area contributed by atoms with Gasteiger partial charge >= 0.3 is 0 Å². The van der Waals surface area contributed by atoms with E-state index in [9.17, 15) is 4.79 Å². The molecule has 1 aromatic heterocycles. The van der Waals surface area contributed by atoms with Gasteiger partial charge in [0.05, 0.1) is 30.6 Å². The summed E-state index contributed by atoms with van der Waals surface area (Å²) in [5, 5.41) is 3.84. The molecule has 0 bridgehead atoms. The smallest absolute Gasteiger partial charge is 0.216 e. The third-order valence-electron chi connectivity index (χ3n) is 3.03. The first-order valence-electron chi connectivity index (χ1n) is 6.03. The third-order valence-corrected chi connectivity index (χ3v) is 6.55. The molecule has 0 saturated heterocycles. The van der Waals surface area contributed by atoms with Crippen molar-refractivity contribution in [1.29, 1.82) is 0 Å². The molecule has 4 nitrogen and oxygen atoms in total. The van der Waals surface area contributed by atoms with Crippen LogP contribution in [0.3, 0.4) is 0 Å². The van der Waals surface area contributed by atoms with Gasteiger partial charge in [0.1, 0.15) is 5.75 Å². The first-order valence-corrected chi connectivity index (χ1v) is 9.20. The van der Waals surface area contributed by atoms with Crippen molar-refractivity contribution >= 4 is 80.5 Å². The molecule has 0 aliphatic carbocycles. The molecule has 1 aromatic carbocycles. The van der Waals surface area contributed by atoms with Crippen molar-refractivity contribution in [3.8, 4) is 5.75 Å². The van der Waals surface area contributed by atoms with Crippen molar-refractivity contribution in [3.05, 3.63) is 23.6 Å². The molecule has 2 aromatic rings. The molecule has 0 saturated carbocycles. The molecular weight excluding hydrogens is 536 g/mol. The number of amides is 1. The summed E-state index contributed by atoms with van der Waals surface area (Å²) in [6.07, 6.45) is 0.704. The molecule has 2 N–H and O–H groups in total. The third kappa shape index (κ3) is 3.33. The number of fused-ring (bicyclic) bond motifs is 1. The van der Waals surface area contributed by atoms with Gasteiger partial charge in [0.25, 0.3) is 0 Å². The number of aromatic amines is 1. The summed E-state index contributed by atoms with van der Waals surface area (Å²) in [6.45, 7) is 2.08. The van der Waals surface area contributed by atoms with Gasteiger partial charge in [0.15, 0.2) is 0 Å². The van der Waals surface area contributed by atoms with E-state index in [4.69, 9.17) is 4.74 Å². The molecule has 0 atom stereocenters. The summed E-state index contributed by atoms with van der Waals surface area (Å²) in [5.41, 5.74) is 2.04. The van der Waals surface area contributed by atoms with Crippen molar-refractivity contribution in [2.45, 2.75) is 13.3 Å². The van der Waals surface area contributed by atoms with E-state index in [0.717, 1.165) is 40.2 Å². The summed E-state index contributed by atoms with van der Waals surface area (Å²) < 4.78 is 8.94. The second-order valence-electron chi connectivity index (χ2n) is 4.38. The molecule has 8 heteroatoms. The normalized spacial score (nSPS) is 11.0. The Morgan fingerprint density at radius 2 is 1.86 bits per heavy atom. The van der Waals surface area contributed by atoms with Crippen molar-refractivity contribution in [2.24, 2.45) is 0 Å². The largest absolute Gasteiger partial charge is 0.494 e. The number of carbonyl (C=O) groups is 1. The van der Waals surface area contributed by atoms with E-state index in [1.165, 1.54) is 6.92 Å². The Bertz CT molecular complexity index is 712. The van der Waals surface area contributed by atoms with Gasteiger partial charge in [0, 0.05) is 18.9 Å². The monoisotopic (exact) mass is 544 g/mol. The highest BCUT2D eigenvalue weighted by atomic mass is 79.9. The zero-order chi connectivity index (χ0) is 15.7. The van der Waals surface area contributed by atoms with Gasteiger partial charge in [0.2, 0.25) is 5.91 Å². The molecule has 0 radical (unpaired) electrons. The molecular formula is C13H12Br4N2O2. The van der Waals surface area contributed by atoms with E-state index < -0.39 is 0 Å². The molecule has 21 heavy (non-hydrogen) atoms. The van der Waals surface area contributed by atoms with Gasteiger partial charge in [-0.25, -0.2) is 0 Å². The van der Waals surface area contributed by atoms with E-state index in [2.05, 4.69) is 74.0 Å². The average molecular weight is 548 g/mol. The average Bonchev–Trinajstić information content (AvgIpc) is 2.74. The van der Waals surface area contributed by atoms with Crippen LogP contribution in [0.25, 0.3) is 10.9 Å². The van der Waals surface area contributed by atoms with Crippen molar-refractivity contribution in [1.82, 2.24) is 10.3 Å². The van der Waals surface area contributed by atoms with Crippen LogP contribution in [-0.4, -0.2) is 24.5 Å². The van der Waals surface area contributed by atoms with Gasteiger partial charge < -0.3 is 15.0 Å². The number of H-pyrrole nitrogens is 1. The standard InChI is InChI=1S/C13H12Br4N2O2/c1-5(20)18-4-3-6-7-8(14)12(21-2)10(16)9(15)11(7)19-13(6)17/h19H,3-4H2,1-2H3,(H,18,20). The molecule has 0 aliphatic heterocycles. The molecule has 0 spiro atoms. The van der Waals surface area contributed by atoms with Crippen LogP contribution in [-0.2, 0) is 11.2 Å². The number of benzene rings is 1. The molecule has 2 rings (SSSR count). The minimum absolute atomic E-state index is 0.0356. The lowest BCUT2D eigenvalue weighted by Gasteiger charge is -2.11. The predicted octanol–water partition coefficient (Wildman–Crippen LogP) is 4.91. The SMILES string of the molecule is COc1c(Br)c(Br)c2[nH]c(Br)c(CCNC(C)=O)c2c1Br. The Hall–Kier alpha value is -0.0500. The topological polar surface area (TPSA) is 54.1 Å². The highest BCUT2D eigenvalue weighted by Gasteiger charge is 2.21. The zero-order valence-corrected chi connectivity index (χ0v) is 17.6. The van der Waals surface area contributed by atoms with Crippen LogP contribution in [0.2, 0.25) is 0 Å². The number of aromatic nitrogens is 1. The van der Waals surface area contributed by atoms with Crippen LogP contribution in [0.1, 0.15) is 12.5 Å². The first-order chi connectivity index (χ1) is 9.88. The highest BCUT2D eigenvalue weighted by Crippen LogP contribution is 2.47. The number of halogens is 4. The molecule has 0 aliphatic rings. The maximum atomic E-state index is 11.0. The van der Waals surface area contributed by atoms with Gasteiger partial charge in [-0.2, -0.15) is 0 Å². The molecule has 1 heterocycles. The van der Waals surface area contributed by atoms with Crippen LogP contribution in [0.4, 0.5) is 0 Å². The maximum absolute atomic E-state index is 11.0. The summed E-state index contributed by atoms with van der Waals surface area (Å²) in [5.74, 6) is 0.688. The summed E-state index contributed by atoms with van der Waals surface area (Å²) in [7, 11) is 1.63. The Morgan fingerprint density at radius 1 is 1.19 bits per heavy atom. The van der Waals surface area contributed by atoms with Gasteiger partial charge in [-0.1, -0.05) is 0 Å². The number of carbonyl (C=O) groups excluding carboxylic acids is 1. The second-order valence-corrected chi connectivity index (χ2v) is 7.55. The van der Waals surface area contributed by atoms with Crippen LogP contribution in [0.15, 0.2) is 18.0 Å². The fraction of sp³-hybridized carbons (Fsp3) is 0.308. The fourth-order valence-electron chi connectivity index (χ4n) is 2.11. The Kier molecular flexibility index (Phi) is 5.78. The minimum Gasteiger partial charge on any atom is -0.494 e. The summed E-state index contributed by atoms with van der Waals surface area (Å²) in [6, 6.07) is 0. The lowest BCUT2D eigenvalue weighted by molar-refractivity contribution is -0.118. The number of methoxy groups -OCH3 is 1. The molecule has 1 amide bonds. The van der Waals surface area contributed by atoms with Crippen molar-refractivity contribution in [3.63, 3.8) is 0 Å². The number of ether oxygens (including phenoxy) is 1. The van der Waals surface area contributed by atoms with E-state index in [1.54, 1.807) is 7.11 Å². The lowest BCUT2D eigenvalue weighted by Crippen LogP contribution is -2.22. The van der Waals surface area contributed by atoms with Crippen molar-refractivity contribution in [2.75, 3.05) is 13.7 Å². The fourth-order valence-corrected chi connectivity index (χ4v) is 4.81. The van der Waals surface area contributed by atoms with Crippen LogP contribution >= 0.6 is 63.7 Å². The lowest BCUT2D eigenvalue weighted by atomic mass is 10.1. The van der Waals surface area contributed by atoms with Gasteiger partial charge in [-0.05, 0) is 75.7 Å². The molecule has 0 unspecified atom stereocenters. The molecule has 114 valence electrons. The summed E-state index contributed by atoms with van der Waals surface area (Å²) in [4.78, 5) is 14.3. The predicted molar refractivity (Wildman–Crippen MR) is 98.0 cm³/mol. The van der Waals surface area contributed by atoms with E-state index in [0.29, 0.717) is 13.0 Å². The minimum atomic E-state index is -0.0356. The van der Waals surface area contributed by atoms with E-state index >= 15 is 0 Å². The van der Waals surface area contributed by atoms with Gasteiger partial charge in [-0.3, -0.25) is 4.79 Å². The highest BCUT2D eigenvalue weighted by molar-refractivity contribution is 9.13. The van der Waals surface area contributed by atoms with Crippen LogP contribution < -0.4 is 10.1 Å². The van der Waals surface area contributed by atoms with Crippen LogP contribution in [0, 0.1) is 0 Å². The number of hydrogen-bond donors (Lipinski definition) is 2.